The maximum absolute atomic E-state index is 13.8. The molecule has 0 aliphatic heterocycles. The first-order valence-corrected chi connectivity index (χ1v) is 17.9. The topological polar surface area (TPSA) is 150 Å². The number of nitrogens with one attached hydrogen (secondary N) is 3. The lowest BCUT2D eigenvalue weighted by Gasteiger charge is -2.25. The first kappa shape index (κ1) is 37.0. The average molecular weight is 688 g/mol. The van der Waals surface area contributed by atoms with Crippen LogP contribution in [0, 0.1) is 0 Å². The molecule has 0 aliphatic rings. The molecule has 0 bridgehead atoms. The molecule has 0 fully saturated rings. The third-order valence-corrected chi connectivity index (χ3v) is 9.06. The van der Waals surface area contributed by atoms with Crippen molar-refractivity contribution in [2.75, 3.05) is 24.2 Å². The number of anilines is 1. The van der Waals surface area contributed by atoms with E-state index in [0.29, 0.717) is 18.7 Å². The van der Waals surface area contributed by atoms with Gasteiger partial charge in [-0.1, -0.05) is 60.7 Å². The lowest BCUT2D eigenvalue weighted by atomic mass is 10.00. The number of nitrogens with zero attached hydrogens (tertiary/aromatic N) is 2. The molecule has 1 heterocycles. The summed E-state index contributed by atoms with van der Waals surface area (Å²) >= 11 is 0. The molecule has 0 saturated heterocycles. The van der Waals surface area contributed by atoms with E-state index < -0.39 is 34.0 Å². The molecule has 0 spiro atoms. The van der Waals surface area contributed by atoms with Gasteiger partial charge in [0.2, 0.25) is 10.0 Å². The van der Waals surface area contributed by atoms with E-state index in [4.69, 9.17) is 4.74 Å². The number of sulfonamides is 1. The molecule has 12 heteroatoms. The SMILES string of the molecule is CC(C)Oc1cncc(CNC[C@@H](O)[C@H](Cc2ccccc2)NC(=O)c2cc(C(=O)N[C@H](C)c3ccccc3)cc(N(C)S(C)(=O)=O)c2)c1. The number of ether oxygens (including phenoxy) is 1. The maximum Gasteiger partial charge on any atom is 0.251 e. The van der Waals surface area contributed by atoms with Crippen LogP contribution in [0.5, 0.6) is 5.75 Å². The van der Waals surface area contributed by atoms with E-state index in [1.165, 1.54) is 25.2 Å². The maximum atomic E-state index is 13.8. The molecule has 4 aromatic rings. The minimum absolute atomic E-state index is 0.00460. The van der Waals surface area contributed by atoms with Crippen LogP contribution >= 0.6 is 0 Å². The predicted octanol–water partition coefficient (Wildman–Crippen LogP) is 4.25. The fourth-order valence-corrected chi connectivity index (χ4v) is 5.65. The Bertz CT molecular complexity index is 1800. The number of aliphatic hydroxyl groups is 1. The predicted molar refractivity (Wildman–Crippen MR) is 191 cm³/mol. The summed E-state index contributed by atoms with van der Waals surface area (Å²) in [4.78, 5) is 31.5. The molecule has 4 N–H and O–H groups in total. The lowest BCUT2D eigenvalue weighted by molar-refractivity contribution is 0.0830. The molecule has 0 radical (unpaired) electrons. The van der Waals surface area contributed by atoms with Gasteiger partial charge < -0.3 is 25.8 Å². The summed E-state index contributed by atoms with van der Waals surface area (Å²) in [6, 6.07) is 23.9. The van der Waals surface area contributed by atoms with Crippen molar-refractivity contribution >= 4 is 27.5 Å². The second kappa shape index (κ2) is 17.0. The van der Waals surface area contributed by atoms with E-state index in [-0.39, 0.29) is 35.5 Å². The highest BCUT2D eigenvalue weighted by molar-refractivity contribution is 7.92. The van der Waals surface area contributed by atoms with Crippen molar-refractivity contribution in [2.24, 2.45) is 0 Å². The van der Waals surface area contributed by atoms with Crippen LogP contribution in [0.3, 0.4) is 0 Å². The van der Waals surface area contributed by atoms with Crippen LogP contribution < -0.4 is 25.0 Å². The Morgan fingerprint density at radius 1 is 0.857 bits per heavy atom. The molecule has 49 heavy (non-hydrogen) atoms. The Labute approximate surface area is 288 Å². The smallest absolute Gasteiger partial charge is 0.251 e. The van der Waals surface area contributed by atoms with Crippen LogP contribution in [0.1, 0.15) is 64.2 Å². The first-order chi connectivity index (χ1) is 23.3. The highest BCUT2D eigenvalue weighted by Crippen LogP contribution is 2.22. The summed E-state index contributed by atoms with van der Waals surface area (Å²) in [5.41, 5.74) is 2.98. The molecule has 2 amide bonds. The van der Waals surface area contributed by atoms with E-state index in [0.717, 1.165) is 27.3 Å². The number of amides is 2. The zero-order valence-corrected chi connectivity index (χ0v) is 29.3. The minimum Gasteiger partial charge on any atom is -0.489 e. The third kappa shape index (κ3) is 11.1. The van der Waals surface area contributed by atoms with Gasteiger partial charge in [0.15, 0.2) is 0 Å². The molecule has 3 aromatic carbocycles. The van der Waals surface area contributed by atoms with Crippen LogP contribution in [-0.4, -0.2) is 68.4 Å². The highest BCUT2D eigenvalue weighted by atomic mass is 32.2. The van der Waals surface area contributed by atoms with Crippen LogP contribution in [-0.2, 0) is 23.0 Å². The second-order valence-electron chi connectivity index (χ2n) is 12.3. The molecular weight excluding hydrogens is 643 g/mol. The van der Waals surface area contributed by atoms with Gasteiger partial charge in [-0.25, -0.2) is 8.42 Å². The number of rotatable bonds is 16. The van der Waals surface area contributed by atoms with Crippen LogP contribution in [0.25, 0.3) is 0 Å². The zero-order valence-electron chi connectivity index (χ0n) is 28.5. The van der Waals surface area contributed by atoms with Crippen molar-refractivity contribution in [3.63, 3.8) is 0 Å². The van der Waals surface area contributed by atoms with Crippen molar-refractivity contribution in [1.29, 1.82) is 0 Å². The summed E-state index contributed by atoms with van der Waals surface area (Å²) in [7, 11) is -2.36. The van der Waals surface area contributed by atoms with Gasteiger partial charge in [0, 0.05) is 37.5 Å². The molecular formula is C37H45N5O6S. The Morgan fingerprint density at radius 2 is 1.47 bits per heavy atom. The van der Waals surface area contributed by atoms with Crippen molar-refractivity contribution < 1.29 is 27.9 Å². The van der Waals surface area contributed by atoms with E-state index >= 15 is 0 Å². The van der Waals surface area contributed by atoms with Crippen LogP contribution in [0.4, 0.5) is 5.69 Å². The number of hydrogen-bond acceptors (Lipinski definition) is 8. The summed E-state index contributed by atoms with van der Waals surface area (Å²) in [6.45, 7) is 6.26. The first-order valence-electron chi connectivity index (χ1n) is 16.1. The van der Waals surface area contributed by atoms with Gasteiger partial charge in [0.25, 0.3) is 11.8 Å². The van der Waals surface area contributed by atoms with Crippen LogP contribution in [0.15, 0.2) is 97.3 Å². The van der Waals surface area contributed by atoms with Crippen molar-refractivity contribution in [1.82, 2.24) is 20.9 Å². The van der Waals surface area contributed by atoms with E-state index in [1.54, 1.807) is 12.4 Å². The Balaban J connectivity index is 1.56. The Morgan fingerprint density at radius 3 is 2.08 bits per heavy atom. The Hall–Kier alpha value is -4.78. The average Bonchev–Trinajstić information content (AvgIpc) is 3.07. The monoisotopic (exact) mass is 687 g/mol. The molecule has 0 aliphatic carbocycles. The van der Waals surface area contributed by atoms with Crippen molar-refractivity contribution in [2.45, 2.75) is 58.0 Å². The van der Waals surface area contributed by atoms with Gasteiger partial charge in [-0.2, -0.15) is 0 Å². The third-order valence-electron chi connectivity index (χ3n) is 7.85. The van der Waals surface area contributed by atoms with Gasteiger partial charge in [0.05, 0.1) is 42.4 Å². The standard InChI is InChI=1S/C37H45N5O6S/c1-25(2)48-33-16-28(21-38-23-33)22-39-24-35(43)34(17-27-12-8-6-9-13-27)41-37(45)31-18-30(19-32(20-31)42(4)49(5,46)47)36(44)40-26(3)29-14-10-7-11-15-29/h6-16,18-21,23,25-26,34-35,39,43H,17,22,24H2,1-5H3,(H,40,44)(H,41,45)/t26-,34+,35-/m1/s1. The minimum atomic E-state index is -3.72. The summed E-state index contributed by atoms with van der Waals surface area (Å²) in [5.74, 6) is -0.399. The van der Waals surface area contributed by atoms with Gasteiger partial charge in [-0.05, 0) is 68.1 Å². The number of aromatic nitrogens is 1. The van der Waals surface area contributed by atoms with Gasteiger partial charge in [-0.3, -0.25) is 18.9 Å². The number of benzene rings is 3. The number of carbonyl (C=O) groups is 2. The van der Waals surface area contributed by atoms with Gasteiger partial charge in [0.1, 0.15) is 5.75 Å². The fraction of sp³-hybridized carbons (Fsp3) is 0.324. The van der Waals surface area contributed by atoms with Crippen molar-refractivity contribution in [3.8, 4) is 5.75 Å². The normalized spacial score (nSPS) is 13.3. The zero-order chi connectivity index (χ0) is 35.6. The highest BCUT2D eigenvalue weighted by Gasteiger charge is 2.25. The van der Waals surface area contributed by atoms with Gasteiger partial charge >= 0.3 is 0 Å². The molecule has 11 nitrogen and oxygen atoms in total. The second-order valence-corrected chi connectivity index (χ2v) is 14.3. The lowest BCUT2D eigenvalue weighted by Crippen LogP contribution is -2.48. The number of hydrogen-bond donors (Lipinski definition) is 4. The molecule has 260 valence electrons. The molecule has 4 rings (SSSR count). The fourth-order valence-electron chi connectivity index (χ4n) is 5.16. The number of carbonyl (C=O) groups excluding carboxylic acids is 2. The largest absolute Gasteiger partial charge is 0.489 e. The van der Waals surface area contributed by atoms with E-state index in [2.05, 4.69) is 20.9 Å². The summed E-state index contributed by atoms with van der Waals surface area (Å²) in [5, 5.41) is 20.4. The molecule has 0 unspecified atom stereocenters. The summed E-state index contributed by atoms with van der Waals surface area (Å²) in [6.07, 6.45) is 3.71. The van der Waals surface area contributed by atoms with E-state index in [1.807, 2.05) is 87.5 Å². The molecule has 1 aromatic heterocycles. The van der Waals surface area contributed by atoms with Crippen molar-refractivity contribution in [3.05, 3.63) is 125 Å². The van der Waals surface area contributed by atoms with Gasteiger partial charge in [-0.15, -0.1) is 0 Å². The molecule has 0 saturated carbocycles. The van der Waals surface area contributed by atoms with E-state index in [9.17, 15) is 23.1 Å². The number of aliphatic hydroxyl groups excluding tert-OH is 1. The number of pyridine rings is 1. The summed E-state index contributed by atoms with van der Waals surface area (Å²) < 4.78 is 31.7. The quantitative estimate of drug-likeness (QED) is 0.137. The molecule has 3 atom stereocenters. The Kier molecular flexibility index (Phi) is 12.9. The van der Waals surface area contributed by atoms with Crippen LogP contribution in [0.2, 0.25) is 0 Å².